The van der Waals surface area contributed by atoms with Crippen LogP contribution in [0, 0.1) is 0 Å². The van der Waals surface area contributed by atoms with Crippen LogP contribution in [0.1, 0.15) is 12.5 Å². The Hall–Kier alpha value is -1.26. The van der Waals surface area contributed by atoms with Gasteiger partial charge in [0.05, 0.1) is 12.1 Å². The molecule has 1 rings (SSSR count). The van der Waals surface area contributed by atoms with Crippen molar-refractivity contribution >= 4 is 17.6 Å². The van der Waals surface area contributed by atoms with Crippen molar-refractivity contribution in [1.82, 2.24) is 0 Å². The topological polar surface area (TPSA) is 66.8 Å². The third-order valence-corrected chi connectivity index (χ3v) is 2.55. The average molecular weight is 245 g/mol. The maximum Gasteiger partial charge on any atom is 0.335 e. The quantitative estimate of drug-likeness (QED) is 0.847. The van der Waals surface area contributed by atoms with Gasteiger partial charge in [-0.15, -0.1) is 0 Å². The van der Waals surface area contributed by atoms with Crippen LogP contribution >= 0.6 is 11.6 Å². The van der Waals surface area contributed by atoms with Gasteiger partial charge in [-0.1, -0.05) is 23.7 Å². The van der Waals surface area contributed by atoms with Gasteiger partial charge in [-0.2, -0.15) is 0 Å². The smallest absolute Gasteiger partial charge is 0.335 e. The fraction of sp³-hybridized carbons (Fsp3) is 0.364. The lowest BCUT2D eigenvalue weighted by Crippen LogP contribution is -2.37. The summed E-state index contributed by atoms with van der Waals surface area (Å²) in [5.74, 6) is -0.889. The fourth-order valence-electron chi connectivity index (χ4n) is 1.37. The summed E-state index contributed by atoms with van der Waals surface area (Å²) < 4.78 is 5.07. The first kappa shape index (κ1) is 12.8. The van der Waals surface area contributed by atoms with Gasteiger partial charge in [0.15, 0.2) is 5.60 Å². The van der Waals surface area contributed by atoms with E-state index in [0.29, 0.717) is 16.3 Å². The van der Waals surface area contributed by atoms with Gasteiger partial charge in [-0.3, -0.25) is 0 Å². The van der Waals surface area contributed by atoms with Crippen molar-refractivity contribution in [1.29, 1.82) is 0 Å². The van der Waals surface area contributed by atoms with Gasteiger partial charge in [0.2, 0.25) is 0 Å². The molecule has 2 N–H and O–H groups in total. The van der Waals surface area contributed by atoms with Crippen LogP contribution in [-0.2, 0) is 11.2 Å². The molecule has 0 saturated carbocycles. The summed E-state index contributed by atoms with van der Waals surface area (Å²) in [7, 11) is 1.44. The molecule has 0 saturated heterocycles. The molecule has 1 unspecified atom stereocenters. The Labute approximate surface area is 98.4 Å². The summed E-state index contributed by atoms with van der Waals surface area (Å²) in [6.07, 6.45) is -0.0634. The Morgan fingerprint density at radius 2 is 2.19 bits per heavy atom. The van der Waals surface area contributed by atoms with Gasteiger partial charge in [0.25, 0.3) is 0 Å². The van der Waals surface area contributed by atoms with Crippen molar-refractivity contribution in [2.24, 2.45) is 0 Å². The van der Waals surface area contributed by atoms with Crippen LogP contribution in [0.25, 0.3) is 0 Å². The van der Waals surface area contributed by atoms with Gasteiger partial charge in [-0.25, -0.2) is 4.79 Å². The van der Waals surface area contributed by atoms with E-state index in [9.17, 15) is 9.90 Å². The second kappa shape index (κ2) is 4.72. The van der Waals surface area contributed by atoms with Gasteiger partial charge in [0.1, 0.15) is 5.75 Å². The molecule has 0 aliphatic heterocycles. The van der Waals surface area contributed by atoms with Crippen LogP contribution in [0.2, 0.25) is 5.02 Å². The van der Waals surface area contributed by atoms with Crippen LogP contribution < -0.4 is 4.74 Å². The van der Waals surface area contributed by atoms with Gasteiger partial charge < -0.3 is 14.9 Å². The first-order valence-corrected chi connectivity index (χ1v) is 5.03. The predicted molar refractivity (Wildman–Crippen MR) is 60.0 cm³/mol. The average Bonchev–Trinajstić information content (AvgIpc) is 2.17. The summed E-state index contributed by atoms with van der Waals surface area (Å²) in [6, 6.07) is 4.99. The molecule has 0 bridgehead atoms. The molecular formula is C11H13ClO4. The first-order valence-electron chi connectivity index (χ1n) is 4.65. The second-order valence-corrected chi connectivity index (χ2v) is 4.10. The Morgan fingerprint density at radius 1 is 1.56 bits per heavy atom. The van der Waals surface area contributed by atoms with E-state index in [0.717, 1.165) is 0 Å². The van der Waals surface area contributed by atoms with Crippen molar-refractivity contribution in [3.05, 3.63) is 28.8 Å². The number of hydrogen-bond donors (Lipinski definition) is 2. The van der Waals surface area contributed by atoms with Crippen LogP contribution in [0.15, 0.2) is 18.2 Å². The standard InChI is InChI=1S/C11H13ClO4/c1-11(15,10(13)14)6-7-4-3-5-8(12)9(7)16-2/h3-5,15H,6H2,1-2H3,(H,13,14). The van der Waals surface area contributed by atoms with E-state index < -0.39 is 11.6 Å². The molecule has 0 radical (unpaired) electrons. The summed E-state index contributed by atoms with van der Waals surface area (Å²) >= 11 is 5.88. The van der Waals surface area contributed by atoms with Crippen molar-refractivity contribution < 1.29 is 19.7 Å². The molecule has 88 valence electrons. The monoisotopic (exact) mass is 244 g/mol. The summed E-state index contributed by atoms with van der Waals surface area (Å²) in [6.45, 7) is 1.23. The van der Waals surface area contributed by atoms with Crippen molar-refractivity contribution in [3.63, 3.8) is 0 Å². The number of para-hydroxylation sites is 1. The maximum absolute atomic E-state index is 10.8. The number of hydrogen-bond acceptors (Lipinski definition) is 3. The molecule has 1 aromatic rings. The zero-order valence-corrected chi connectivity index (χ0v) is 9.78. The van der Waals surface area contributed by atoms with Crippen molar-refractivity contribution in [2.75, 3.05) is 7.11 Å². The van der Waals surface area contributed by atoms with Crippen LogP contribution in [0.5, 0.6) is 5.75 Å². The minimum absolute atomic E-state index is 0.0634. The Kier molecular flexibility index (Phi) is 3.78. The van der Waals surface area contributed by atoms with Crippen molar-refractivity contribution in [3.8, 4) is 5.75 Å². The SMILES string of the molecule is COc1c(Cl)cccc1CC(C)(O)C(=O)O. The molecule has 0 amide bonds. The van der Waals surface area contributed by atoms with E-state index in [1.807, 2.05) is 0 Å². The molecule has 0 spiro atoms. The highest BCUT2D eigenvalue weighted by molar-refractivity contribution is 6.32. The minimum Gasteiger partial charge on any atom is -0.495 e. The van der Waals surface area contributed by atoms with E-state index in [1.54, 1.807) is 18.2 Å². The molecule has 5 heteroatoms. The highest BCUT2D eigenvalue weighted by atomic mass is 35.5. The molecule has 1 aromatic carbocycles. The minimum atomic E-state index is -1.84. The highest BCUT2D eigenvalue weighted by Crippen LogP contribution is 2.30. The predicted octanol–water partition coefficient (Wildman–Crippen LogP) is 1.73. The second-order valence-electron chi connectivity index (χ2n) is 3.69. The fourth-order valence-corrected chi connectivity index (χ4v) is 1.64. The molecular weight excluding hydrogens is 232 g/mol. The number of ether oxygens (including phenoxy) is 1. The zero-order chi connectivity index (χ0) is 12.3. The van der Waals surface area contributed by atoms with Crippen molar-refractivity contribution in [2.45, 2.75) is 18.9 Å². The molecule has 1 atom stereocenters. The number of methoxy groups -OCH3 is 1. The number of benzene rings is 1. The number of aliphatic carboxylic acids is 1. The third-order valence-electron chi connectivity index (χ3n) is 2.25. The number of aliphatic hydroxyl groups is 1. The first-order chi connectivity index (χ1) is 7.38. The maximum atomic E-state index is 10.8. The lowest BCUT2D eigenvalue weighted by molar-refractivity contribution is -0.156. The number of halogens is 1. The molecule has 4 nitrogen and oxygen atoms in total. The lowest BCUT2D eigenvalue weighted by atomic mass is 9.96. The number of rotatable bonds is 4. The van der Waals surface area contributed by atoms with E-state index in [1.165, 1.54) is 14.0 Å². The third kappa shape index (κ3) is 2.65. The Morgan fingerprint density at radius 3 is 2.69 bits per heavy atom. The molecule has 16 heavy (non-hydrogen) atoms. The summed E-state index contributed by atoms with van der Waals surface area (Å²) in [4.78, 5) is 10.8. The van der Waals surface area contributed by atoms with Crippen LogP contribution in [0.3, 0.4) is 0 Å². The molecule has 0 fully saturated rings. The Bertz CT molecular complexity index is 401. The molecule has 0 aliphatic carbocycles. The van der Waals surface area contributed by atoms with Gasteiger partial charge in [0, 0.05) is 6.42 Å². The lowest BCUT2D eigenvalue weighted by Gasteiger charge is -2.19. The highest BCUT2D eigenvalue weighted by Gasteiger charge is 2.31. The van der Waals surface area contributed by atoms with E-state index in [4.69, 9.17) is 21.4 Å². The molecule has 0 aliphatic rings. The normalized spacial score (nSPS) is 14.2. The van der Waals surface area contributed by atoms with E-state index in [-0.39, 0.29) is 6.42 Å². The molecule has 0 heterocycles. The number of carbonyl (C=O) groups is 1. The number of carboxylic acid groups (broad SMARTS) is 1. The van der Waals surface area contributed by atoms with Gasteiger partial charge in [-0.05, 0) is 18.6 Å². The number of carboxylic acids is 1. The Balaban J connectivity index is 3.06. The molecule has 0 aromatic heterocycles. The van der Waals surface area contributed by atoms with Crippen LogP contribution in [0.4, 0.5) is 0 Å². The van der Waals surface area contributed by atoms with Crippen LogP contribution in [-0.4, -0.2) is 28.9 Å². The van der Waals surface area contributed by atoms with E-state index in [2.05, 4.69) is 0 Å². The zero-order valence-electron chi connectivity index (χ0n) is 9.03. The summed E-state index contributed by atoms with van der Waals surface area (Å²) in [5, 5.41) is 18.9. The largest absolute Gasteiger partial charge is 0.495 e. The van der Waals surface area contributed by atoms with E-state index >= 15 is 0 Å². The van der Waals surface area contributed by atoms with Gasteiger partial charge >= 0.3 is 5.97 Å². The summed E-state index contributed by atoms with van der Waals surface area (Å²) in [5.41, 5.74) is -1.28.